The van der Waals surface area contributed by atoms with Gasteiger partial charge in [-0.05, 0) is 19.1 Å². The summed E-state index contributed by atoms with van der Waals surface area (Å²) in [5, 5.41) is 11.4. The lowest BCUT2D eigenvalue weighted by molar-refractivity contribution is -0.142. The summed E-state index contributed by atoms with van der Waals surface area (Å²) in [6, 6.07) is 6.84. The highest BCUT2D eigenvalue weighted by Gasteiger charge is 2.29. The Morgan fingerprint density at radius 1 is 1.41 bits per heavy atom. The summed E-state index contributed by atoms with van der Waals surface area (Å²) in [7, 11) is 0. The molecule has 17 heavy (non-hydrogen) atoms. The summed E-state index contributed by atoms with van der Waals surface area (Å²) in [6.07, 6.45) is 0. The molecule has 1 saturated heterocycles. The highest BCUT2D eigenvalue weighted by molar-refractivity contribution is 5.89. The predicted molar refractivity (Wildman–Crippen MR) is 63.0 cm³/mol. The molecule has 1 aliphatic rings. The van der Waals surface area contributed by atoms with Gasteiger partial charge in [-0.2, -0.15) is 0 Å². The van der Waals surface area contributed by atoms with E-state index in [1.807, 2.05) is 31.2 Å². The summed E-state index contributed by atoms with van der Waals surface area (Å²) in [6.45, 7) is 2.48. The maximum absolute atomic E-state index is 11.4. The number of hydrogen-bond donors (Lipinski definition) is 2. The molecule has 0 radical (unpaired) electrons. The van der Waals surface area contributed by atoms with E-state index in [1.54, 1.807) is 4.90 Å². The molecule has 0 aromatic heterocycles. The average molecular weight is 234 g/mol. The third kappa shape index (κ3) is 2.55. The number of carboxylic acid groups (broad SMARTS) is 1. The Kier molecular flexibility index (Phi) is 2.99. The minimum atomic E-state index is -1.00. The summed E-state index contributed by atoms with van der Waals surface area (Å²) in [5.41, 5.74) is 2.00. The highest BCUT2D eigenvalue weighted by Crippen LogP contribution is 2.17. The van der Waals surface area contributed by atoms with E-state index in [0.717, 1.165) is 11.3 Å². The van der Waals surface area contributed by atoms with Gasteiger partial charge in [0, 0.05) is 12.2 Å². The monoisotopic (exact) mass is 234 g/mol. The predicted octanol–water partition coefficient (Wildman–Crippen LogP) is 0.384. The second kappa shape index (κ2) is 4.45. The van der Waals surface area contributed by atoms with Crippen molar-refractivity contribution in [3.05, 3.63) is 29.8 Å². The minimum absolute atomic E-state index is 0.201. The third-order valence-electron chi connectivity index (χ3n) is 2.77. The largest absolute Gasteiger partial charge is 0.480 e. The van der Waals surface area contributed by atoms with Crippen molar-refractivity contribution in [3.63, 3.8) is 0 Å². The summed E-state index contributed by atoms with van der Waals surface area (Å²) >= 11 is 0. The van der Waals surface area contributed by atoms with Crippen LogP contribution in [0.4, 0.5) is 5.69 Å². The van der Waals surface area contributed by atoms with Gasteiger partial charge in [0.25, 0.3) is 0 Å². The van der Waals surface area contributed by atoms with Crippen molar-refractivity contribution < 1.29 is 14.7 Å². The molecule has 2 rings (SSSR count). The first-order valence-electron chi connectivity index (χ1n) is 5.40. The van der Waals surface area contributed by atoms with Crippen LogP contribution in [0.5, 0.6) is 0 Å². The molecule has 2 N–H and O–H groups in total. The molecule has 0 aliphatic carbocycles. The van der Waals surface area contributed by atoms with E-state index in [4.69, 9.17) is 5.11 Å². The molecule has 0 bridgehead atoms. The van der Waals surface area contributed by atoms with Crippen LogP contribution in [0.25, 0.3) is 0 Å². The highest BCUT2D eigenvalue weighted by atomic mass is 16.4. The smallest absolute Gasteiger partial charge is 0.328 e. The van der Waals surface area contributed by atoms with Gasteiger partial charge in [-0.1, -0.05) is 17.7 Å². The number of aryl methyl sites for hydroxylation is 1. The van der Waals surface area contributed by atoms with Crippen molar-refractivity contribution in [2.45, 2.75) is 13.0 Å². The van der Waals surface area contributed by atoms with Crippen LogP contribution in [0.1, 0.15) is 5.56 Å². The van der Waals surface area contributed by atoms with Crippen LogP contribution >= 0.6 is 0 Å². The first-order valence-corrected chi connectivity index (χ1v) is 5.40. The Balaban J connectivity index is 2.18. The fraction of sp³-hybridized carbons (Fsp3) is 0.333. The molecule has 5 nitrogen and oxygen atoms in total. The fourth-order valence-corrected chi connectivity index (χ4v) is 1.84. The SMILES string of the molecule is Cc1ccc(N2CC(=O)NC(C(=O)O)C2)cc1. The number of aliphatic carboxylic acids is 1. The van der Waals surface area contributed by atoms with Gasteiger partial charge in [-0.3, -0.25) is 4.79 Å². The average Bonchev–Trinajstić information content (AvgIpc) is 2.29. The van der Waals surface area contributed by atoms with Gasteiger partial charge >= 0.3 is 5.97 Å². The van der Waals surface area contributed by atoms with Crippen LogP contribution in [0.15, 0.2) is 24.3 Å². The molecular formula is C12H14N2O3. The lowest BCUT2D eigenvalue weighted by Gasteiger charge is -2.32. The Bertz CT molecular complexity index is 442. The Labute approximate surface area is 99.0 Å². The fourth-order valence-electron chi connectivity index (χ4n) is 1.84. The number of carbonyl (C=O) groups is 2. The van der Waals surface area contributed by atoms with Crippen molar-refractivity contribution in [1.82, 2.24) is 5.32 Å². The van der Waals surface area contributed by atoms with Gasteiger partial charge in [0.1, 0.15) is 6.04 Å². The minimum Gasteiger partial charge on any atom is -0.480 e. The molecule has 1 atom stereocenters. The maximum atomic E-state index is 11.4. The number of nitrogens with one attached hydrogen (secondary N) is 1. The van der Waals surface area contributed by atoms with Crippen molar-refractivity contribution >= 4 is 17.6 Å². The van der Waals surface area contributed by atoms with Gasteiger partial charge in [-0.15, -0.1) is 0 Å². The zero-order chi connectivity index (χ0) is 12.4. The van der Waals surface area contributed by atoms with Gasteiger partial charge in [0.2, 0.25) is 5.91 Å². The maximum Gasteiger partial charge on any atom is 0.328 e. The van der Waals surface area contributed by atoms with Crippen LogP contribution in [0.2, 0.25) is 0 Å². The number of hydrogen-bond acceptors (Lipinski definition) is 3. The summed E-state index contributed by atoms with van der Waals surface area (Å²) < 4.78 is 0. The number of rotatable bonds is 2. The molecule has 1 unspecified atom stereocenters. The molecule has 1 aromatic rings. The van der Waals surface area contributed by atoms with Gasteiger partial charge < -0.3 is 15.3 Å². The zero-order valence-corrected chi connectivity index (χ0v) is 9.51. The van der Waals surface area contributed by atoms with Gasteiger partial charge in [0.15, 0.2) is 0 Å². The first-order chi connectivity index (χ1) is 8.06. The Hall–Kier alpha value is -2.04. The van der Waals surface area contributed by atoms with Crippen molar-refractivity contribution in [2.75, 3.05) is 18.0 Å². The third-order valence-corrected chi connectivity index (χ3v) is 2.77. The van der Waals surface area contributed by atoms with E-state index in [0.29, 0.717) is 6.54 Å². The topological polar surface area (TPSA) is 69.6 Å². The van der Waals surface area contributed by atoms with Crippen LogP contribution < -0.4 is 10.2 Å². The number of carbonyl (C=O) groups excluding carboxylic acids is 1. The van der Waals surface area contributed by atoms with Crippen molar-refractivity contribution in [1.29, 1.82) is 0 Å². The van der Waals surface area contributed by atoms with E-state index in [1.165, 1.54) is 0 Å². The molecule has 1 amide bonds. The lowest BCUT2D eigenvalue weighted by atomic mass is 10.1. The molecule has 0 saturated carbocycles. The number of benzene rings is 1. The quantitative estimate of drug-likeness (QED) is 0.776. The van der Waals surface area contributed by atoms with E-state index in [9.17, 15) is 9.59 Å². The molecule has 90 valence electrons. The normalized spacial score (nSPS) is 19.9. The zero-order valence-electron chi connectivity index (χ0n) is 9.51. The van der Waals surface area contributed by atoms with Gasteiger partial charge in [-0.25, -0.2) is 4.79 Å². The van der Waals surface area contributed by atoms with Crippen LogP contribution in [-0.4, -0.2) is 36.1 Å². The van der Waals surface area contributed by atoms with E-state index in [2.05, 4.69) is 5.32 Å². The number of carboxylic acids is 1. The van der Waals surface area contributed by atoms with Crippen LogP contribution in [0.3, 0.4) is 0 Å². The molecular weight excluding hydrogens is 220 g/mol. The Morgan fingerprint density at radius 3 is 2.65 bits per heavy atom. The van der Waals surface area contributed by atoms with E-state index in [-0.39, 0.29) is 12.5 Å². The number of piperazine rings is 1. The summed E-state index contributed by atoms with van der Waals surface area (Å²) in [5.74, 6) is -1.26. The van der Waals surface area contributed by atoms with Crippen molar-refractivity contribution in [2.24, 2.45) is 0 Å². The first kappa shape index (κ1) is 11.4. The Morgan fingerprint density at radius 2 is 2.06 bits per heavy atom. The van der Waals surface area contributed by atoms with E-state index >= 15 is 0 Å². The number of anilines is 1. The molecule has 5 heteroatoms. The lowest BCUT2D eigenvalue weighted by Crippen LogP contribution is -2.57. The van der Waals surface area contributed by atoms with Crippen LogP contribution in [0, 0.1) is 6.92 Å². The molecule has 1 aliphatic heterocycles. The molecule has 1 fully saturated rings. The molecule has 1 heterocycles. The summed E-state index contributed by atoms with van der Waals surface area (Å²) in [4.78, 5) is 24.1. The molecule has 1 aromatic carbocycles. The van der Waals surface area contributed by atoms with Crippen LogP contribution in [-0.2, 0) is 9.59 Å². The number of amides is 1. The van der Waals surface area contributed by atoms with E-state index < -0.39 is 12.0 Å². The van der Waals surface area contributed by atoms with Gasteiger partial charge in [0.05, 0.1) is 6.54 Å². The second-order valence-electron chi connectivity index (χ2n) is 4.17. The number of nitrogens with zero attached hydrogens (tertiary/aromatic N) is 1. The molecule has 0 spiro atoms. The van der Waals surface area contributed by atoms with Crippen molar-refractivity contribution in [3.8, 4) is 0 Å². The second-order valence-corrected chi connectivity index (χ2v) is 4.17. The standard InChI is InChI=1S/C12H14N2O3/c1-8-2-4-9(5-3-8)14-6-10(12(16)17)13-11(15)7-14/h2-5,10H,6-7H2,1H3,(H,13,15)(H,16,17).